The molecule has 0 N–H and O–H groups in total. The molecule has 3 aromatic carbocycles. The zero-order valence-electron chi connectivity index (χ0n) is 25.6. The Morgan fingerprint density at radius 3 is 2.68 bits per heavy atom. The highest BCUT2D eigenvalue weighted by Gasteiger charge is 2.28. The highest BCUT2D eigenvalue weighted by molar-refractivity contribution is 5.94. The van der Waals surface area contributed by atoms with Crippen LogP contribution in [0.25, 0.3) is 11.0 Å². The quantitative estimate of drug-likeness (QED) is 0.215. The van der Waals surface area contributed by atoms with Gasteiger partial charge in [-0.2, -0.15) is 5.26 Å². The minimum absolute atomic E-state index is 0.0764. The number of nitriles is 1. The van der Waals surface area contributed by atoms with Gasteiger partial charge >= 0.3 is 5.97 Å². The molecule has 44 heavy (non-hydrogen) atoms. The zero-order valence-corrected chi connectivity index (χ0v) is 25.6. The number of aromatic nitrogens is 2. The van der Waals surface area contributed by atoms with Gasteiger partial charge in [-0.1, -0.05) is 12.1 Å². The van der Waals surface area contributed by atoms with Gasteiger partial charge in [0.2, 0.25) is 0 Å². The number of nitrogens with zero attached hydrogens (tertiary/aromatic N) is 4. The molecule has 2 aliphatic rings. The number of carbonyl (C=O) groups excluding carboxylic acids is 1. The van der Waals surface area contributed by atoms with Crippen molar-refractivity contribution in [2.24, 2.45) is 0 Å². The van der Waals surface area contributed by atoms with Crippen LogP contribution >= 0.6 is 0 Å². The lowest BCUT2D eigenvalue weighted by atomic mass is 9.93. The van der Waals surface area contributed by atoms with Crippen LogP contribution in [0.4, 0.5) is 4.39 Å². The second-order valence-corrected chi connectivity index (χ2v) is 12.6. The van der Waals surface area contributed by atoms with Gasteiger partial charge in [-0.3, -0.25) is 4.90 Å². The summed E-state index contributed by atoms with van der Waals surface area (Å²) in [6, 6.07) is 18.1. The van der Waals surface area contributed by atoms with E-state index in [4.69, 9.17) is 24.5 Å². The number of fused-ring (bicyclic) bond motifs is 2. The first-order valence-corrected chi connectivity index (χ1v) is 15.1. The van der Waals surface area contributed by atoms with Crippen molar-refractivity contribution in [3.63, 3.8) is 0 Å². The Morgan fingerprint density at radius 2 is 1.98 bits per heavy atom. The Labute approximate surface area is 257 Å². The van der Waals surface area contributed by atoms with Gasteiger partial charge in [-0.15, -0.1) is 0 Å². The molecule has 9 heteroatoms. The molecule has 0 radical (unpaired) electrons. The highest BCUT2D eigenvalue weighted by atomic mass is 19.1. The van der Waals surface area contributed by atoms with Gasteiger partial charge in [0.05, 0.1) is 47.4 Å². The molecule has 0 bridgehead atoms. The number of halogens is 1. The van der Waals surface area contributed by atoms with E-state index in [0.29, 0.717) is 30.0 Å². The molecule has 2 atom stereocenters. The number of ether oxygens (including phenoxy) is 3. The second-order valence-electron chi connectivity index (χ2n) is 12.6. The van der Waals surface area contributed by atoms with Crippen molar-refractivity contribution in [3.05, 3.63) is 94.1 Å². The summed E-state index contributed by atoms with van der Waals surface area (Å²) in [5.41, 5.74) is 4.78. The van der Waals surface area contributed by atoms with Crippen LogP contribution in [0.5, 0.6) is 5.75 Å². The fourth-order valence-corrected chi connectivity index (χ4v) is 5.82. The van der Waals surface area contributed by atoms with Crippen molar-refractivity contribution in [1.29, 1.82) is 5.26 Å². The summed E-state index contributed by atoms with van der Waals surface area (Å²) in [5.74, 6) is 0.797. The smallest absolute Gasteiger partial charge is 0.338 e. The summed E-state index contributed by atoms with van der Waals surface area (Å²) < 4.78 is 34.0. The van der Waals surface area contributed by atoms with Gasteiger partial charge in [-0.05, 0) is 94.1 Å². The van der Waals surface area contributed by atoms with Crippen molar-refractivity contribution >= 4 is 17.0 Å². The number of hydrogen-bond donors (Lipinski definition) is 0. The zero-order chi connectivity index (χ0) is 31.0. The van der Waals surface area contributed by atoms with E-state index in [1.165, 1.54) is 17.2 Å². The van der Waals surface area contributed by atoms with Gasteiger partial charge in [0.1, 0.15) is 29.6 Å². The molecule has 2 unspecified atom stereocenters. The number of hydrogen-bond acceptors (Lipinski definition) is 7. The first-order valence-electron chi connectivity index (χ1n) is 15.1. The second kappa shape index (κ2) is 12.0. The molecular weight excluding hydrogens is 559 g/mol. The van der Waals surface area contributed by atoms with Crippen LogP contribution in [0.1, 0.15) is 78.6 Å². The topological polar surface area (TPSA) is 89.6 Å². The van der Waals surface area contributed by atoms with Crippen molar-refractivity contribution in [1.82, 2.24) is 14.5 Å². The van der Waals surface area contributed by atoms with E-state index >= 15 is 0 Å². The average Bonchev–Trinajstić information content (AvgIpc) is 3.30. The van der Waals surface area contributed by atoms with Gasteiger partial charge in [0.25, 0.3) is 0 Å². The lowest BCUT2D eigenvalue weighted by molar-refractivity contribution is -0.0592. The minimum atomic E-state index is -0.581. The number of imidazole rings is 1. The maximum Gasteiger partial charge on any atom is 0.338 e. The molecule has 1 saturated heterocycles. The summed E-state index contributed by atoms with van der Waals surface area (Å²) in [6.45, 7) is 10.8. The van der Waals surface area contributed by atoms with Crippen LogP contribution in [0.3, 0.4) is 0 Å². The van der Waals surface area contributed by atoms with Gasteiger partial charge in [0.15, 0.2) is 0 Å². The maximum absolute atomic E-state index is 14.4. The standard InChI is InChI=1S/C35H37FN4O4/c1-22-29-17-27(43-21-26-6-5-23(18-37)15-30(26)36)9-7-24(29)11-13-39(22)20-33-38-31-10-8-25(34(41)44-35(2,3)4)16-32(31)40(33)19-28-12-14-42-28/h5-10,15-17,22,28H,11-14,19-21H2,1-4H3. The van der Waals surface area contributed by atoms with Gasteiger partial charge in [0, 0.05) is 24.8 Å². The van der Waals surface area contributed by atoms with E-state index in [-0.39, 0.29) is 30.3 Å². The monoisotopic (exact) mass is 596 g/mol. The Bertz CT molecular complexity index is 1750. The predicted molar refractivity (Wildman–Crippen MR) is 164 cm³/mol. The number of esters is 1. The SMILES string of the molecule is CC1c2cc(OCc3ccc(C#N)cc3F)ccc2CCN1Cc1nc2ccc(C(=O)OC(C)(C)C)cc2n1CC1CCO1. The summed E-state index contributed by atoms with van der Waals surface area (Å²) in [6.07, 6.45) is 2.00. The molecule has 0 spiro atoms. The van der Waals surface area contributed by atoms with E-state index in [0.717, 1.165) is 42.9 Å². The third-order valence-corrected chi connectivity index (χ3v) is 8.35. The molecule has 1 fully saturated rings. The van der Waals surface area contributed by atoms with Gasteiger partial charge < -0.3 is 18.8 Å². The van der Waals surface area contributed by atoms with E-state index in [2.05, 4.69) is 22.5 Å². The summed E-state index contributed by atoms with van der Waals surface area (Å²) in [5, 5.41) is 9.00. The number of carbonyl (C=O) groups is 1. The van der Waals surface area contributed by atoms with Crippen molar-refractivity contribution in [2.45, 2.75) is 78.0 Å². The fourth-order valence-electron chi connectivity index (χ4n) is 5.82. The Kier molecular flexibility index (Phi) is 8.14. The van der Waals surface area contributed by atoms with E-state index in [1.54, 1.807) is 18.2 Å². The Balaban J connectivity index is 1.23. The highest BCUT2D eigenvalue weighted by Crippen LogP contribution is 2.34. The molecule has 2 aliphatic heterocycles. The third-order valence-electron chi connectivity index (χ3n) is 8.35. The van der Waals surface area contributed by atoms with Crippen molar-refractivity contribution < 1.29 is 23.4 Å². The normalized spacial score (nSPS) is 18.4. The van der Waals surface area contributed by atoms with E-state index < -0.39 is 11.4 Å². The molecule has 0 aliphatic carbocycles. The molecule has 228 valence electrons. The van der Waals surface area contributed by atoms with Crippen LogP contribution in [-0.2, 0) is 35.6 Å². The molecule has 8 nitrogen and oxygen atoms in total. The first kappa shape index (κ1) is 29.8. The third kappa shape index (κ3) is 6.33. The van der Waals surface area contributed by atoms with Crippen molar-refractivity contribution in [2.75, 3.05) is 13.2 Å². The summed E-state index contributed by atoms with van der Waals surface area (Å²) in [4.78, 5) is 20.3. The molecule has 6 rings (SSSR count). The van der Waals surface area contributed by atoms with Crippen molar-refractivity contribution in [3.8, 4) is 11.8 Å². The van der Waals surface area contributed by atoms with E-state index in [9.17, 15) is 9.18 Å². The van der Waals surface area contributed by atoms with Crippen LogP contribution in [0.15, 0.2) is 54.6 Å². The largest absolute Gasteiger partial charge is 0.489 e. The fraction of sp³-hybridized carbons (Fsp3) is 0.400. The Morgan fingerprint density at radius 1 is 1.16 bits per heavy atom. The molecule has 1 aromatic heterocycles. The Hall–Kier alpha value is -4.26. The molecular formula is C35H37FN4O4. The van der Waals surface area contributed by atoms with E-state index in [1.807, 2.05) is 51.1 Å². The van der Waals surface area contributed by atoms with Crippen LogP contribution in [0.2, 0.25) is 0 Å². The predicted octanol–water partition coefficient (Wildman–Crippen LogP) is 6.49. The van der Waals surface area contributed by atoms with Gasteiger partial charge in [-0.25, -0.2) is 14.2 Å². The lowest BCUT2D eigenvalue weighted by Gasteiger charge is -2.35. The van der Waals surface area contributed by atoms with Crippen LogP contribution in [0, 0.1) is 17.1 Å². The number of benzene rings is 3. The van der Waals surface area contributed by atoms with Crippen LogP contribution < -0.4 is 4.74 Å². The molecule has 4 aromatic rings. The minimum Gasteiger partial charge on any atom is -0.489 e. The van der Waals surface area contributed by atoms with Crippen LogP contribution in [-0.4, -0.2) is 45.3 Å². The maximum atomic E-state index is 14.4. The lowest BCUT2D eigenvalue weighted by Crippen LogP contribution is -2.36. The molecule has 0 saturated carbocycles. The molecule has 3 heterocycles. The summed E-state index contributed by atoms with van der Waals surface area (Å²) >= 11 is 0. The number of rotatable bonds is 8. The average molecular weight is 597 g/mol. The first-order chi connectivity index (χ1) is 21.1. The summed E-state index contributed by atoms with van der Waals surface area (Å²) in [7, 11) is 0. The molecule has 0 amide bonds.